The van der Waals surface area contributed by atoms with Crippen LogP contribution in [0.5, 0.6) is 0 Å². The lowest BCUT2D eigenvalue weighted by atomic mass is 10.0. The summed E-state index contributed by atoms with van der Waals surface area (Å²) in [6.45, 7) is 2.60. The summed E-state index contributed by atoms with van der Waals surface area (Å²) in [5.74, 6) is 6.74. The highest BCUT2D eigenvalue weighted by Crippen LogP contribution is 2.31. The van der Waals surface area contributed by atoms with Crippen LogP contribution in [-0.2, 0) is 11.2 Å². The van der Waals surface area contributed by atoms with E-state index in [-0.39, 0.29) is 11.2 Å². The lowest BCUT2D eigenvalue weighted by Crippen LogP contribution is -2.40. The Morgan fingerprint density at radius 2 is 2.04 bits per heavy atom. The van der Waals surface area contributed by atoms with Crippen molar-refractivity contribution in [2.24, 2.45) is 0 Å². The van der Waals surface area contributed by atoms with Gasteiger partial charge in [-0.1, -0.05) is 53.7 Å². The first-order valence-electron chi connectivity index (χ1n) is 9.07. The van der Waals surface area contributed by atoms with Crippen molar-refractivity contribution in [1.29, 1.82) is 0 Å². The van der Waals surface area contributed by atoms with Crippen molar-refractivity contribution in [1.82, 2.24) is 14.9 Å². The molecule has 0 fully saturated rings. The number of benzene rings is 2. The molecule has 0 saturated carbocycles. The van der Waals surface area contributed by atoms with Crippen molar-refractivity contribution in [3.05, 3.63) is 59.1 Å². The molecule has 6 nitrogen and oxygen atoms in total. The summed E-state index contributed by atoms with van der Waals surface area (Å²) < 4.78 is 1.41. The number of fused-ring (bicyclic) bond motifs is 1. The number of para-hydroxylation sites is 1. The molecular weight excluding hydrogens is 394 g/mol. The van der Waals surface area contributed by atoms with Gasteiger partial charge in [0.1, 0.15) is 0 Å². The van der Waals surface area contributed by atoms with E-state index in [2.05, 4.69) is 16.3 Å². The van der Waals surface area contributed by atoms with Crippen LogP contribution in [0, 0.1) is 0 Å². The number of amides is 1. The van der Waals surface area contributed by atoms with Crippen molar-refractivity contribution in [2.75, 3.05) is 17.3 Å². The minimum Gasteiger partial charge on any atom is -0.335 e. The molecule has 0 radical (unpaired) electrons. The maximum Gasteiger partial charge on any atom is 0.240 e. The second-order valence-corrected chi connectivity index (χ2v) is 8.41. The van der Waals surface area contributed by atoms with Crippen LogP contribution in [0.1, 0.15) is 18.9 Å². The maximum absolute atomic E-state index is 13.1. The predicted molar refractivity (Wildman–Crippen MR) is 113 cm³/mol. The van der Waals surface area contributed by atoms with E-state index >= 15 is 0 Å². The van der Waals surface area contributed by atoms with Gasteiger partial charge in [-0.25, -0.2) is 4.68 Å². The number of thioether (sulfide) groups is 1. The number of aromatic nitrogens is 3. The third-order valence-electron chi connectivity index (χ3n) is 4.75. The van der Waals surface area contributed by atoms with Gasteiger partial charge in [0, 0.05) is 22.8 Å². The molecule has 1 atom stereocenters. The number of anilines is 1. The monoisotopic (exact) mass is 413 g/mol. The van der Waals surface area contributed by atoms with Gasteiger partial charge in [-0.05, 0) is 43.5 Å². The Labute approximate surface area is 172 Å². The predicted octanol–water partition coefficient (Wildman–Crippen LogP) is 3.77. The summed E-state index contributed by atoms with van der Waals surface area (Å²) in [5, 5.41) is 9.09. The molecule has 144 valence electrons. The highest BCUT2D eigenvalue weighted by Gasteiger charge is 2.28. The highest BCUT2D eigenvalue weighted by atomic mass is 35.5. The number of nitrogens with zero attached hydrogens (tertiary/aromatic N) is 4. The number of rotatable bonds is 4. The minimum absolute atomic E-state index is 0.0458. The van der Waals surface area contributed by atoms with Crippen LogP contribution >= 0.6 is 23.4 Å². The number of aryl methyl sites for hydroxylation is 1. The second kappa shape index (κ2) is 7.85. The standard InChI is InChI=1S/C20H20ClN5OS/c1-13(19(27)25-11-5-8-14-6-2-3-10-17(14)25)28-20-24-23-18(26(20)22)15-7-4-9-16(21)12-15/h2-4,6-7,9-10,12-13H,5,8,11,22H2,1H3/t13-/m0/s1. The zero-order valence-corrected chi connectivity index (χ0v) is 17.0. The molecule has 2 aromatic carbocycles. The topological polar surface area (TPSA) is 77.0 Å². The number of hydrogen-bond acceptors (Lipinski definition) is 5. The normalized spacial score (nSPS) is 14.6. The molecule has 1 aliphatic heterocycles. The Balaban J connectivity index is 1.53. The molecule has 1 aromatic heterocycles. The van der Waals surface area contributed by atoms with Gasteiger partial charge in [-0.15, -0.1) is 10.2 Å². The molecule has 8 heteroatoms. The van der Waals surface area contributed by atoms with Gasteiger partial charge >= 0.3 is 0 Å². The van der Waals surface area contributed by atoms with Gasteiger partial charge in [0.15, 0.2) is 5.82 Å². The van der Waals surface area contributed by atoms with E-state index in [1.54, 1.807) is 12.1 Å². The quantitative estimate of drug-likeness (QED) is 0.520. The summed E-state index contributed by atoms with van der Waals surface area (Å²) in [6, 6.07) is 15.3. The van der Waals surface area contributed by atoms with Gasteiger partial charge in [0.25, 0.3) is 0 Å². The fourth-order valence-electron chi connectivity index (χ4n) is 3.37. The SMILES string of the molecule is C[C@H](Sc1nnc(-c2cccc(Cl)c2)n1N)C(=O)N1CCCc2ccccc21. The van der Waals surface area contributed by atoms with Crippen molar-refractivity contribution < 1.29 is 4.79 Å². The largest absolute Gasteiger partial charge is 0.335 e. The number of nitrogens with two attached hydrogens (primary N) is 1. The number of hydrogen-bond donors (Lipinski definition) is 1. The molecule has 0 unspecified atom stereocenters. The molecule has 1 aliphatic rings. The van der Waals surface area contributed by atoms with Crippen molar-refractivity contribution in [3.63, 3.8) is 0 Å². The fraction of sp³-hybridized carbons (Fsp3) is 0.250. The Morgan fingerprint density at radius 3 is 2.86 bits per heavy atom. The first-order valence-corrected chi connectivity index (χ1v) is 10.3. The van der Waals surface area contributed by atoms with E-state index in [0.717, 1.165) is 30.6 Å². The summed E-state index contributed by atoms with van der Waals surface area (Å²) in [6.07, 6.45) is 1.97. The van der Waals surface area contributed by atoms with Crippen LogP contribution in [0.25, 0.3) is 11.4 Å². The van der Waals surface area contributed by atoms with Crippen LogP contribution in [0.3, 0.4) is 0 Å². The summed E-state index contributed by atoms with van der Waals surface area (Å²) in [7, 11) is 0. The Hall–Kier alpha value is -2.51. The first-order chi connectivity index (χ1) is 13.5. The fourth-order valence-corrected chi connectivity index (χ4v) is 4.39. The van der Waals surface area contributed by atoms with E-state index < -0.39 is 0 Å². The van der Waals surface area contributed by atoms with Crippen LogP contribution in [0.2, 0.25) is 5.02 Å². The number of carbonyl (C=O) groups is 1. The molecule has 0 aliphatic carbocycles. The third-order valence-corrected chi connectivity index (χ3v) is 6.03. The van der Waals surface area contributed by atoms with Crippen molar-refractivity contribution in [2.45, 2.75) is 30.2 Å². The molecule has 28 heavy (non-hydrogen) atoms. The summed E-state index contributed by atoms with van der Waals surface area (Å²) in [5.41, 5.74) is 2.99. The smallest absolute Gasteiger partial charge is 0.240 e. The Bertz CT molecular complexity index is 1020. The summed E-state index contributed by atoms with van der Waals surface area (Å²) >= 11 is 7.36. The molecule has 0 saturated heterocycles. The second-order valence-electron chi connectivity index (χ2n) is 6.67. The first kappa shape index (κ1) is 18.8. The van der Waals surface area contributed by atoms with Crippen LogP contribution in [-0.4, -0.2) is 32.6 Å². The van der Waals surface area contributed by atoms with Gasteiger partial charge in [0.2, 0.25) is 11.1 Å². The van der Waals surface area contributed by atoms with E-state index in [1.807, 2.05) is 42.2 Å². The zero-order valence-electron chi connectivity index (χ0n) is 15.4. The van der Waals surface area contributed by atoms with Gasteiger partial charge in [-0.3, -0.25) is 4.79 Å². The average molecular weight is 414 g/mol. The number of nitrogen functional groups attached to an aromatic ring is 1. The Morgan fingerprint density at radius 1 is 1.21 bits per heavy atom. The molecule has 3 aromatic rings. The van der Waals surface area contributed by atoms with E-state index in [4.69, 9.17) is 17.4 Å². The third kappa shape index (κ3) is 3.59. The van der Waals surface area contributed by atoms with Crippen LogP contribution < -0.4 is 10.7 Å². The lowest BCUT2D eigenvalue weighted by Gasteiger charge is -2.31. The molecule has 4 rings (SSSR count). The van der Waals surface area contributed by atoms with E-state index in [9.17, 15) is 4.79 Å². The number of carbonyl (C=O) groups excluding carboxylic acids is 1. The Kier molecular flexibility index (Phi) is 5.28. The molecule has 2 N–H and O–H groups in total. The minimum atomic E-state index is -0.343. The molecule has 0 bridgehead atoms. The van der Waals surface area contributed by atoms with Crippen molar-refractivity contribution in [3.8, 4) is 11.4 Å². The van der Waals surface area contributed by atoms with Crippen LogP contribution in [0.15, 0.2) is 53.7 Å². The van der Waals surface area contributed by atoms with E-state index in [0.29, 0.717) is 16.0 Å². The number of halogens is 1. The molecule has 1 amide bonds. The van der Waals surface area contributed by atoms with Gasteiger partial charge in [-0.2, -0.15) is 0 Å². The lowest BCUT2D eigenvalue weighted by molar-refractivity contribution is -0.117. The summed E-state index contributed by atoms with van der Waals surface area (Å²) in [4.78, 5) is 15.0. The molecule has 2 heterocycles. The zero-order chi connectivity index (χ0) is 19.7. The van der Waals surface area contributed by atoms with Gasteiger partial charge < -0.3 is 10.7 Å². The molecule has 0 spiro atoms. The molecular formula is C20H20ClN5OS. The average Bonchev–Trinajstić information content (AvgIpc) is 3.07. The van der Waals surface area contributed by atoms with Crippen LogP contribution in [0.4, 0.5) is 5.69 Å². The van der Waals surface area contributed by atoms with Gasteiger partial charge in [0.05, 0.1) is 5.25 Å². The van der Waals surface area contributed by atoms with E-state index in [1.165, 1.54) is 22.0 Å². The van der Waals surface area contributed by atoms with Crippen molar-refractivity contribution >= 4 is 35.0 Å². The maximum atomic E-state index is 13.1. The highest BCUT2D eigenvalue weighted by molar-refractivity contribution is 8.00.